The standard InChI is InChI=1S/C15H16N8O/c16-6-12-18-7-11(21-12)14-17-4-3-13(22-14)23-5-1-2-10(8-23)15-19-9-20-24-15/h3-4,6-7,9-10,16H,1-2,5,8H2,(H,18,21). The summed E-state index contributed by atoms with van der Waals surface area (Å²) >= 11 is 0. The Morgan fingerprint density at radius 1 is 1.33 bits per heavy atom. The number of aromatic amines is 1. The summed E-state index contributed by atoms with van der Waals surface area (Å²) < 4.78 is 5.21. The van der Waals surface area contributed by atoms with Gasteiger partial charge in [-0.15, -0.1) is 0 Å². The number of hydrogen-bond acceptors (Lipinski definition) is 8. The number of aromatic nitrogens is 6. The minimum absolute atomic E-state index is 0.219. The van der Waals surface area contributed by atoms with Gasteiger partial charge in [-0.1, -0.05) is 5.16 Å². The number of piperidine rings is 1. The van der Waals surface area contributed by atoms with Gasteiger partial charge in [-0.2, -0.15) is 4.98 Å². The molecule has 9 heteroatoms. The van der Waals surface area contributed by atoms with Crippen molar-refractivity contribution in [3.05, 3.63) is 36.5 Å². The van der Waals surface area contributed by atoms with Crippen LogP contribution in [0.1, 0.15) is 30.5 Å². The molecule has 1 atom stereocenters. The van der Waals surface area contributed by atoms with Gasteiger partial charge in [-0.3, -0.25) is 0 Å². The van der Waals surface area contributed by atoms with Gasteiger partial charge >= 0.3 is 0 Å². The maximum absolute atomic E-state index is 7.23. The van der Waals surface area contributed by atoms with Gasteiger partial charge in [-0.25, -0.2) is 15.0 Å². The van der Waals surface area contributed by atoms with E-state index in [2.05, 4.69) is 35.0 Å². The lowest BCUT2D eigenvalue weighted by Crippen LogP contribution is -2.35. The van der Waals surface area contributed by atoms with Gasteiger partial charge < -0.3 is 19.8 Å². The number of rotatable bonds is 4. The minimum atomic E-state index is 0.219. The largest absolute Gasteiger partial charge is 0.356 e. The van der Waals surface area contributed by atoms with Gasteiger partial charge in [-0.05, 0) is 18.9 Å². The maximum atomic E-state index is 7.23. The zero-order valence-electron chi connectivity index (χ0n) is 12.9. The molecule has 0 radical (unpaired) electrons. The Balaban J connectivity index is 1.57. The zero-order chi connectivity index (χ0) is 16.4. The number of H-pyrrole nitrogens is 1. The van der Waals surface area contributed by atoms with E-state index in [-0.39, 0.29) is 5.92 Å². The molecule has 4 rings (SSSR count). The van der Waals surface area contributed by atoms with Crippen LogP contribution in [-0.2, 0) is 0 Å². The summed E-state index contributed by atoms with van der Waals surface area (Å²) in [7, 11) is 0. The Bertz CT molecular complexity index is 828. The highest BCUT2D eigenvalue weighted by Gasteiger charge is 2.26. The molecule has 122 valence electrons. The molecule has 1 fully saturated rings. The monoisotopic (exact) mass is 324 g/mol. The van der Waals surface area contributed by atoms with E-state index in [9.17, 15) is 0 Å². The van der Waals surface area contributed by atoms with Crippen LogP contribution in [-0.4, -0.2) is 49.4 Å². The van der Waals surface area contributed by atoms with Crippen molar-refractivity contribution in [1.29, 1.82) is 5.41 Å². The quantitative estimate of drug-likeness (QED) is 0.700. The molecule has 0 saturated carbocycles. The van der Waals surface area contributed by atoms with Crippen molar-refractivity contribution in [2.24, 2.45) is 0 Å². The van der Waals surface area contributed by atoms with Crippen LogP contribution in [0, 0.1) is 5.41 Å². The van der Waals surface area contributed by atoms with Crippen LogP contribution in [0.15, 0.2) is 29.3 Å². The zero-order valence-corrected chi connectivity index (χ0v) is 12.9. The van der Waals surface area contributed by atoms with Crippen LogP contribution in [0.3, 0.4) is 0 Å². The van der Waals surface area contributed by atoms with Crippen LogP contribution < -0.4 is 4.90 Å². The van der Waals surface area contributed by atoms with Crippen LogP contribution in [0.25, 0.3) is 11.5 Å². The molecule has 1 unspecified atom stereocenters. The molecule has 3 aromatic rings. The van der Waals surface area contributed by atoms with Gasteiger partial charge in [0, 0.05) is 19.3 Å². The molecule has 0 aliphatic carbocycles. The van der Waals surface area contributed by atoms with Crippen molar-refractivity contribution in [3.8, 4) is 11.5 Å². The lowest BCUT2D eigenvalue weighted by atomic mass is 9.98. The van der Waals surface area contributed by atoms with E-state index in [1.54, 1.807) is 12.4 Å². The molecule has 1 aliphatic rings. The highest BCUT2D eigenvalue weighted by Crippen LogP contribution is 2.28. The normalized spacial score (nSPS) is 17.8. The van der Waals surface area contributed by atoms with Gasteiger partial charge in [0.1, 0.15) is 17.3 Å². The number of imidazole rings is 1. The first-order valence-electron chi connectivity index (χ1n) is 7.74. The van der Waals surface area contributed by atoms with Gasteiger partial charge in [0.2, 0.25) is 5.89 Å². The number of nitrogens with zero attached hydrogens (tertiary/aromatic N) is 6. The average molecular weight is 324 g/mol. The van der Waals surface area contributed by atoms with Gasteiger partial charge in [0.15, 0.2) is 12.2 Å². The van der Waals surface area contributed by atoms with Crippen LogP contribution >= 0.6 is 0 Å². The van der Waals surface area contributed by atoms with E-state index in [1.165, 1.54) is 6.33 Å². The number of nitrogens with one attached hydrogen (secondary N) is 2. The second-order valence-electron chi connectivity index (χ2n) is 5.63. The Kier molecular flexibility index (Phi) is 3.73. The van der Waals surface area contributed by atoms with Crippen molar-refractivity contribution in [3.63, 3.8) is 0 Å². The van der Waals surface area contributed by atoms with Crippen LogP contribution in [0.5, 0.6) is 0 Å². The molecular weight excluding hydrogens is 308 g/mol. The van der Waals surface area contributed by atoms with E-state index in [4.69, 9.17) is 9.93 Å². The summed E-state index contributed by atoms with van der Waals surface area (Å²) in [5.41, 5.74) is 0.695. The second-order valence-corrected chi connectivity index (χ2v) is 5.63. The fourth-order valence-corrected chi connectivity index (χ4v) is 2.93. The fraction of sp³-hybridized carbons (Fsp3) is 0.333. The summed E-state index contributed by atoms with van der Waals surface area (Å²) in [6, 6.07) is 1.90. The smallest absolute Gasteiger partial charge is 0.231 e. The molecule has 1 aliphatic heterocycles. The molecule has 2 N–H and O–H groups in total. The highest BCUT2D eigenvalue weighted by atomic mass is 16.5. The molecule has 0 amide bonds. The topological polar surface area (TPSA) is 120 Å². The molecule has 3 aromatic heterocycles. The summed E-state index contributed by atoms with van der Waals surface area (Å²) in [6.07, 6.45) is 8.04. The Morgan fingerprint density at radius 2 is 2.29 bits per heavy atom. The SMILES string of the molecule is N=Cc1ncc(-c2nccc(N3CCCC(c4ncno4)C3)n2)[nH]1. The average Bonchev–Trinajstić information content (AvgIpc) is 3.34. The summed E-state index contributed by atoms with van der Waals surface area (Å²) in [6.45, 7) is 1.71. The maximum Gasteiger partial charge on any atom is 0.231 e. The summed E-state index contributed by atoms with van der Waals surface area (Å²) in [4.78, 5) is 22.4. The van der Waals surface area contributed by atoms with E-state index >= 15 is 0 Å². The number of anilines is 1. The second kappa shape index (κ2) is 6.19. The van der Waals surface area contributed by atoms with Crippen molar-refractivity contribution < 1.29 is 4.52 Å². The molecule has 9 nitrogen and oxygen atoms in total. The Hall–Kier alpha value is -3.10. The van der Waals surface area contributed by atoms with Crippen molar-refractivity contribution in [1.82, 2.24) is 30.1 Å². The summed E-state index contributed by atoms with van der Waals surface area (Å²) in [5.74, 6) is 2.80. The predicted molar refractivity (Wildman–Crippen MR) is 86.0 cm³/mol. The van der Waals surface area contributed by atoms with E-state index < -0.39 is 0 Å². The first-order chi connectivity index (χ1) is 11.8. The van der Waals surface area contributed by atoms with Crippen molar-refractivity contribution >= 4 is 12.0 Å². The Morgan fingerprint density at radius 3 is 3.08 bits per heavy atom. The lowest BCUT2D eigenvalue weighted by molar-refractivity contribution is 0.332. The van der Waals surface area contributed by atoms with E-state index in [1.807, 2.05) is 6.07 Å². The Labute approximate surface area is 137 Å². The lowest BCUT2D eigenvalue weighted by Gasteiger charge is -2.31. The first kappa shape index (κ1) is 14.5. The van der Waals surface area contributed by atoms with E-state index in [0.717, 1.165) is 38.0 Å². The molecule has 0 aromatic carbocycles. The number of hydrogen-bond donors (Lipinski definition) is 2. The van der Waals surface area contributed by atoms with Crippen LogP contribution in [0.2, 0.25) is 0 Å². The first-order valence-corrected chi connectivity index (χ1v) is 7.74. The molecule has 0 bridgehead atoms. The van der Waals surface area contributed by atoms with Crippen molar-refractivity contribution in [2.45, 2.75) is 18.8 Å². The third kappa shape index (κ3) is 2.75. The molecule has 1 saturated heterocycles. The van der Waals surface area contributed by atoms with Gasteiger partial charge in [0.05, 0.1) is 18.3 Å². The molecule has 0 spiro atoms. The van der Waals surface area contributed by atoms with Crippen LogP contribution in [0.4, 0.5) is 5.82 Å². The predicted octanol–water partition coefficient (Wildman–Crippen LogP) is 1.63. The highest BCUT2D eigenvalue weighted by molar-refractivity contribution is 5.72. The third-order valence-corrected chi connectivity index (χ3v) is 4.09. The molecular formula is C15H16N8O. The van der Waals surface area contributed by atoms with Gasteiger partial charge in [0.25, 0.3) is 0 Å². The minimum Gasteiger partial charge on any atom is -0.356 e. The summed E-state index contributed by atoms with van der Waals surface area (Å²) in [5, 5.41) is 10.9. The molecule has 4 heterocycles. The third-order valence-electron chi connectivity index (χ3n) is 4.09. The molecule has 24 heavy (non-hydrogen) atoms. The van der Waals surface area contributed by atoms with E-state index in [0.29, 0.717) is 23.2 Å². The van der Waals surface area contributed by atoms with Crippen molar-refractivity contribution in [2.75, 3.05) is 18.0 Å². The fourth-order valence-electron chi connectivity index (χ4n) is 2.93.